The lowest BCUT2D eigenvalue weighted by Gasteiger charge is -2.04. The number of H-pyrrole nitrogens is 1. The average molecular weight is 246 g/mol. The van der Waals surface area contributed by atoms with E-state index in [1.165, 1.54) is 13.8 Å². The Kier molecular flexibility index (Phi) is 3.39. The van der Waals surface area contributed by atoms with E-state index in [2.05, 4.69) is 9.71 Å². The van der Waals surface area contributed by atoms with Crippen LogP contribution in [0.5, 0.6) is 0 Å². The van der Waals surface area contributed by atoms with Crippen LogP contribution >= 0.6 is 0 Å². The Morgan fingerprint density at radius 2 is 2.00 bits per heavy atom. The molecule has 0 radical (unpaired) electrons. The van der Waals surface area contributed by atoms with E-state index in [1.54, 1.807) is 6.92 Å². The SMILES string of the molecule is CCNS(=O)(=O)c1c(C)[nH]c(C(=O)O)c1C. The second-order valence-electron chi connectivity index (χ2n) is 3.39. The van der Waals surface area contributed by atoms with Crippen molar-refractivity contribution in [1.29, 1.82) is 0 Å². The number of rotatable bonds is 4. The molecule has 1 aromatic rings. The first kappa shape index (κ1) is 12.7. The van der Waals surface area contributed by atoms with Crippen LogP contribution in [0.4, 0.5) is 0 Å². The fourth-order valence-electron chi connectivity index (χ4n) is 1.61. The molecule has 0 saturated heterocycles. The van der Waals surface area contributed by atoms with E-state index < -0.39 is 16.0 Å². The normalized spacial score (nSPS) is 11.7. The zero-order valence-electron chi connectivity index (χ0n) is 9.29. The highest BCUT2D eigenvalue weighted by atomic mass is 32.2. The van der Waals surface area contributed by atoms with E-state index in [9.17, 15) is 13.2 Å². The summed E-state index contributed by atoms with van der Waals surface area (Å²) < 4.78 is 25.9. The number of carboxylic acid groups (broad SMARTS) is 1. The highest BCUT2D eigenvalue weighted by Gasteiger charge is 2.25. The molecule has 1 heterocycles. The zero-order chi connectivity index (χ0) is 12.5. The van der Waals surface area contributed by atoms with Crippen LogP contribution in [0.3, 0.4) is 0 Å². The molecule has 0 saturated carbocycles. The van der Waals surface area contributed by atoms with Crippen molar-refractivity contribution in [3.8, 4) is 0 Å². The van der Waals surface area contributed by atoms with E-state index in [-0.39, 0.29) is 22.7 Å². The van der Waals surface area contributed by atoms with Crippen molar-refractivity contribution in [2.45, 2.75) is 25.7 Å². The van der Waals surface area contributed by atoms with Crippen molar-refractivity contribution in [2.24, 2.45) is 0 Å². The molecule has 0 fully saturated rings. The highest BCUT2D eigenvalue weighted by molar-refractivity contribution is 7.89. The van der Waals surface area contributed by atoms with Crippen molar-refractivity contribution in [2.75, 3.05) is 6.54 Å². The van der Waals surface area contributed by atoms with Crippen LogP contribution in [0, 0.1) is 13.8 Å². The Balaban J connectivity index is 3.41. The predicted molar refractivity (Wildman–Crippen MR) is 58.1 cm³/mol. The van der Waals surface area contributed by atoms with Gasteiger partial charge >= 0.3 is 5.97 Å². The Hall–Kier alpha value is -1.34. The topological polar surface area (TPSA) is 99.3 Å². The lowest BCUT2D eigenvalue weighted by atomic mass is 10.2. The van der Waals surface area contributed by atoms with Gasteiger partial charge in [0.25, 0.3) is 0 Å². The monoisotopic (exact) mass is 246 g/mol. The molecular weight excluding hydrogens is 232 g/mol. The number of sulfonamides is 1. The van der Waals surface area contributed by atoms with E-state index in [4.69, 9.17) is 5.11 Å². The highest BCUT2D eigenvalue weighted by Crippen LogP contribution is 2.22. The van der Waals surface area contributed by atoms with Crippen LogP contribution in [0.25, 0.3) is 0 Å². The van der Waals surface area contributed by atoms with Gasteiger partial charge in [-0.15, -0.1) is 0 Å². The zero-order valence-corrected chi connectivity index (χ0v) is 10.1. The largest absolute Gasteiger partial charge is 0.477 e. The summed E-state index contributed by atoms with van der Waals surface area (Å²) in [5.74, 6) is -1.17. The van der Waals surface area contributed by atoms with E-state index >= 15 is 0 Å². The van der Waals surface area contributed by atoms with Gasteiger partial charge in [0, 0.05) is 17.8 Å². The third-order valence-corrected chi connectivity index (χ3v) is 4.00. The molecule has 1 rings (SSSR count). The Labute approximate surface area is 93.7 Å². The quantitative estimate of drug-likeness (QED) is 0.725. The molecule has 1 aromatic heterocycles. The van der Waals surface area contributed by atoms with Gasteiger partial charge in [0.05, 0.1) is 0 Å². The van der Waals surface area contributed by atoms with Gasteiger partial charge in [-0.2, -0.15) is 0 Å². The van der Waals surface area contributed by atoms with Crippen LogP contribution in [-0.4, -0.2) is 31.0 Å². The molecule has 16 heavy (non-hydrogen) atoms. The summed E-state index contributed by atoms with van der Waals surface area (Å²) in [4.78, 5) is 13.4. The van der Waals surface area contributed by atoms with Gasteiger partial charge in [0.15, 0.2) is 0 Å². The third kappa shape index (κ3) is 2.10. The molecule has 90 valence electrons. The minimum Gasteiger partial charge on any atom is -0.477 e. The minimum absolute atomic E-state index is 0.0201. The molecule has 0 bridgehead atoms. The number of hydrogen-bond donors (Lipinski definition) is 3. The molecule has 0 aliphatic rings. The lowest BCUT2D eigenvalue weighted by molar-refractivity contribution is 0.0690. The lowest BCUT2D eigenvalue weighted by Crippen LogP contribution is -2.24. The van der Waals surface area contributed by atoms with Gasteiger partial charge in [-0.25, -0.2) is 17.9 Å². The summed E-state index contributed by atoms with van der Waals surface area (Å²) in [6.45, 7) is 4.92. The smallest absolute Gasteiger partial charge is 0.352 e. The third-order valence-electron chi connectivity index (χ3n) is 2.19. The van der Waals surface area contributed by atoms with Gasteiger partial charge in [-0.1, -0.05) is 6.92 Å². The second-order valence-corrected chi connectivity index (χ2v) is 5.09. The van der Waals surface area contributed by atoms with Gasteiger partial charge < -0.3 is 10.1 Å². The first-order valence-corrected chi connectivity index (χ1v) is 6.21. The van der Waals surface area contributed by atoms with Gasteiger partial charge in [0.1, 0.15) is 10.6 Å². The Bertz CT molecular complexity index is 516. The fourth-order valence-corrected chi connectivity index (χ4v) is 3.10. The number of aromatic nitrogens is 1. The van der Waals surface area contributed by atoms with Crippen molar-refractivity contribution in [1.82, 2.24) is 9.71 Å². The number of carboxylic acids is 1. The maximum atomic E-state index is 11.8. The fraction of sp³-hybridized carbons (Fsp3) is 0.444. The number of carbonyl (C=O) groups is 1. The van der Waals surface area contributed by atoms with Crippen molar-refractivity contribution in [3.63, 3.8) is 0 Å². The number of aromatic carboxylic acids is 1. The Morgan fingerprint density at radius 3 is 2.38 bits per heavy atom. The van der Waals surface area contributed by atoms with Crippen molar-refractivity contribution >= 4 is 16.0 Å². The van der Waals surface area contributed by atoms with Crippen LogP contribution in [0.1, 0.15) is 28.7 Å². The van der Waals surface area contributed by atoms with Gasteiger partial charge in [-0.05, 0) is 13.8 Å². The summed E-state index contributed by atoms with van der Waals surface area (Å²) in [6, 6.07) is 0. The standard InChI is InChI=1S/C9H14N2O4S/c1-4-10-16(14,15)8-5(2)7(9(12)13)11-6(8)3/h10-11H,4H2,1-3H3,(H,12,13). The predicted octanol–water partition coefficient (Wildman–Crippen LogP) is 0.628. The summed E-state index contributed by atoms with van der Waals surface area (Å²) in [7, 11) is -3.63. The van der Waals surface area contributed by atoms with Crippen LogP contribution < -0.4 is 4.72 Å². The van der Waals surface area contributed by atoms with Crippen molar-refractivity contribution < 1.29 is 18.3 Å². The summed E-state index contributed by atoms with van der Waals surface area (Å²) >= 11 is 0. The maximum Gasteiger partial charge on any atom is 0.352 e. The minimum atomic E-state index is -3.63. The molecule has 0 spiro atoms. The summed E-state index contributed by atoms with van der Waals surface area (Å²) in [5, 5.41) is 8.85. The van der Waals surface area contributed by atoms with Crippen LogP contribution in [0.2, 0.25) is 0 Å². The van der Waals surface area contributed by atoms with Gasteiger partial charge in [-0.3, -0.25) is 0 Å². The number of hydrogen-bond acceptors (Lipinski definition) is 3. The van der Waals surface area contributed by atoms with Gasteiger partial charge in [0.2, 0.25) is 10.0 Å². The maximum absolute atomic E-state index is 11.8. The average Bonchev–Trinajstić information content (AvgIpc) is 2.41. The van der Waals surface area contributed by atoms with Crippen LogP contribution in [0.15, 0.2) is 4.90 Å². The Morgan fingerprint density at radius 1 is 1.44 bits per heavy atom. The van der Waals surface area contributed by atoms with Crippen molar-refractivity contribution in [3.05, 3.63) is 17.0 Å². The second kappa shape index (κ2) is 4.26. The summed E-state index contributed by atoms with van der Waals surface area (Å²) in [6.07, 6.45) is 0. The molecule has 0 atom stereocenters. The number of aryl methyl sites for hydroxylation is 1. The first-order chi connectivity index (χ1) is 7.31. The molecule has 7 heteroatoms. The molecule has 0 aromatic carbocycles. The first-order valence-electron chi connectivity index (χ1n) is 4.73. The van der Waals surface area contributed by atoms with Crippen LogP contribution in [-0.2, 0) is 10.0 Å². The molecule has 0 aliphatic carbocycles. The molecular formula is C9H14N2O4S. The molecule has 0 amide bonds. The molecule has 3 N–H and O–H groups in total. The van der Waals surface area contributed by atoms with E-state index in [0.717, 1.165) is 0 Å². The summed E-state index contributed by atoms with van der Waals surface area (Å²) in [5.41, 5.74) is 0.468. The van der Waals surface area contributed by atoms with E-state index in [0.29, 0.717) is 5.69 Å². The molecule has 6 nitrogen and oxygen atoms in total. The molecule has 0 unspecified atom stereocenters. The van der Waals surface area contributed by atoms with E-state index in [1.807, 2.05) is 0 Å². The molecule has 0 aliphatic heterocycles. The number of nitrogens with one attached hydrogen (secondary N) is 2. The number of aromatic amines is 1.